The van der Waals surface area contributed by atoms with Crippen LogP contribution in [0, 0.1) is 0 Å². The van der Waals surface area contributed by atoms with Gasteiger partial charge in [0.1, 0.15) is 5.75 Å². The minimum atomic E-state index is 0.381. The molecule has 0 aromatic heterocycles. The van der Waals surface area contributed by atoms with Crippen LogP contribution in [-0.4, -0.2) is 5.11 Å². The van der Waals surface area contributed by atoms with Gasteiger partial charge in [-0.25, -0.2) is 0 Å². The van der Waals surface area contributed by atoms with E-state index >= 15 is 0 Å². The van der Waals surface area contributed by atoms with Gasteiger partial charge in [-0.1, -0.05) is 54.6 Å². The number of phenols is 1. The molecule has 0 aliphatic heterocycles. The molecule has 0 atom stereocenters. The van der Waals surface area contributed by atoms with E-state index in [1.165, 1.54) is 16.3 Å². The first-order chi connectivity index (χ1) is 11.3. The number of benzene rings is 4. The van der Waals surface area contributed by atoms with Crippen molar-refractivity contribution in [1.29, 1.82) is 0 Å². The highest BCUT2D eigenvalue weighted by molar-refractivity contribution is 6.26. The molecule has 4 aromatic carbocycles. The van der Waals surface area contributed by atoms with Crippen LogP contribution in [0.1, 0.15) is 11.1 Å². The Bertz CT molecular complexity index is 1060. The standard InChI is InChI=1S/C22H18O/c1-3-6-14-10-12-16-13-11-15-8-5-9-18-20(15)21(16)19(14)17(7-4-2)22(18)23/h3-5,8-13,23H,1-2,6-7H2. The van der Waals surface area contributed by atoms with Crippen LogP contribution in [0.3, 0.4) is 0 Å². The second-order valence-corrected chi connectivity index (χ2v) is 5.98. The zero-order valence-electron chi connectivity index (χ0n) is 13.0. The lowest BCUT2D eigenvalue weighted by Crippen LogP contribution is -1.95. The van der Waals surface area contributed by atoms with Crippen LogP contribution >= 0.6 is 0 Å². The smallest absolute Gasteiger partial charge is 0.127 e. The van der Waals surface area contributed by atoms with Crippen molar-refractivity contribution in [3.05, 3.63) is 78.9 Å². The monoisotopic (exact) mass is 298 g/mol. The maximum atomic E-state index is 10.9. The van der Waals surface area contributed by atoms with Gasteiger partial charge in [-0.2, -0.15) is 0 Å². The molecule has 0 heterocycles. The highest BCUT2D eigenvalue weighted by atomic mass is 16.3. The summed E-state index contributed by atoms with van der Waals surface area (Å²) < 4.78 is 0. The Balaban J connectivity index is 2.35. The van der Waals surface area contributed by atoms with E-state index < -0.39 is 0 Å². The SMILES string of the molecule is C=CCc1ccc2ccc3cccc4c(O)c(CC=C)c1c2c34. The van der Waals surface area contributed by atoms with Gasteiger partial charge in [-0.15, -0.1) is 13.2 Å². The van der Waals surface area contributed by atoms with Gasteiger partial charge in [0.25, 0.3) is 0 Å². The van der Waals surface area contributed by atoms with Crippen LogP contribution < -0.4 is 0 Å². The zero-order chi connectivity index (χ0) is 16.0. The molecular formula is C22H18O. The van der Waals surface area contributed by atoms with Crippen LogP contribution in [0.2, 0.25) is 0 Å². The molecule has 0 aliphatic carbocycles. The third-order valence-corrected chi connectivity index (χ3v) is 4.67. The molecule has 1 nitrogen and oxygen atoms in total. The number of allylic oxidation sites excluding steroid dienone is 2. The first kappa shape index (κ1) is 13.8. The molecule has 0 amide bonds. The molecule has 0 spiro atoms. The third kappa shape index (κ3) is 1.86. The van der Waals surface area contributed by atoms with Crippen molar-refractivity contribution >= 4 is 32.3 Å². The highest BCUT2D eigenvalue weighted by Crippen LogP contribution is 2.44. The molecule has 4 aromatic rings. The van der Waals surface area contributed by atoms with Gasteiger partial charge < -0.3 is 5.11 Å². The number of hydrogen-bond donors (Lipinski definition) is 1. The molecule has 0 aliphatic rings. The molecule has 1 N–H and O–H groups in total. The molecule has 0 bridgehead atoms. The summed E-state index contributed by atoms with van der Waals surface area (Å²) in [7, 11) is 0. The molecular weight excluding hydrogens is 280 g/mol. The van der Waals surface area contributed by atoms with Crippen molar-refractivity contribution in [3.63, 3.8) is 0 Å². The number of aromatic hydroxyl groups is 1. The lowest BCUT2D eigenvalue weighted by atomic mass is 9.86. The molecule has 0 saturated carbocycles. The fourth-order valence-corrected chi connectivity index (χ4v) is 3.73. The van der Waals surface area contributed by atoms with Crippen LogP contribution in [0.25, 0.3) is 32.3 Å². The van der Waals surface area contributed by atoms with Gasteiger partial charge in [0, 0.05) is 16.3 Å². The molecule has 112 valence electrons. The minimum Gasteiger partial charge on any atom is -0.507 e. The Morgan fingerprint density at radius 2 is 1.48 bits per heavy atom. The second-order valence-electron chi connectivity index (χ2n) is 5.98. The third-order valence-electron chi connectivity index (χ3n) is 4.67. The molecule has 0 unspecified atom stereocenters. The summed E-state index contributed by atoms with van der Waals surface area (Å²) in [5.41, 5.74) is 2.17. The quantitative estimate of drug-likeness (QED) is 0.376. The Labute approximate surface area is 135 Å². The number of phenolic OH excluding ortho intramolecular Hbond substituents is 1. The maximum Gasteiger partial charge on any atom is 0.127 e. The minimum absolute atomic E-state index is 0.381. The molecule has 23 heavy (non-hydrogen) atoms. The van der Waals surface area contributed by atoms with E-state index in [9.17, 15) is 5.11 Å². The Kier molecular flexibility index (Phi) is 3.09. The fourth-order valence-electron chi connectivity index (χ4n) is 3.73. The molecule has 0 saturated heterocycles. The summed E-state index contributed by atoms with van der Waals surface area (Å²) in [6, 6.07) is 14.7. The Morgan fingerprint density at radius 1 is 0.783 bits per heavy atom. The largest absolute Gasteiger partial charge is 0.507 e. The molecule has 4 rings (SSSR count). The van der Waals surface area contributed by atoms with E-state index in [1.54, 1.807) is 0 Å². The molecule has 0 radical (unpaired) electrons. The van der Waals surface area contributed by atoms with Crippen LogP contribution in [0.4, 0.5) is 0 Å². The summed E-state index contributed by atoms with van der Waals surface area (Å²) in [6.45, 7) is 7.75. The summed E-state index contributed by atoms with van der Waals surface area (Å²) in [5, 5.41) is 17.8. The van der Waals surface area contributed by atoms with Crippen molar-refractivity contribution in [3.8, 4) is 5.75 Å². The van der Waals surface area contributed by atoms with E-state index in [0.717, 1.165) is 33.5 Å². The summed E-state index contributed by atoms with van der Waals surface area (Å²) in [6.07, 6.45) is 5.22. The van der Waals surface area contributed by atoms with E-state index in [0.29, 0.717) is 12.2 Å². The van der Waals surface area contributed by atoms with Gasteiger partial charge in [0.05, 0.1) is 0 Å². The van der Waals surface area contributed by atoms with Gasteiger partial charge in [-0.05, 0) is 39.9 Å². The first-order valence-corrected chi connectivity index (χ1v) is 7.88. The molecule has 0 fully saturated rings. The van der Waals surface area contributed by atoms with E-state index in [2.05, 4.69) is 43.5 Å². The number of hydrogen-bond acceptors (Lipinski definition) is 1. The van der Waals surface area contributed by atoms with Crippen molar-refractivity contribution in [2.24, 2.45) is 0 Å². The molecule has 1 heteroatoms. The van der Waals surface area contributed by atoms with Crippen LogP contribution in [0.15, 0.2) is 67.8 Å². The van der Waals surface area contributed by atoms with E-state index in [-0.39, 0.29) is 0 Å². The van der Waals surface area contributed by atoms with Crippen molar-refractivity contribution < 1.29 is 5.11 Å². The van der Waals surface area contributed by atoms with Crippen LogP contribution in [-0.2, 0) is 12.8 Å². The highest BCUT2D eigenvalue weighted by Gasteiger charge is 2.18. The van der Waals surface area contributed by atoms with E-state index in [1.807, 2.05) is 24.3 Å². The number of rotatable bonds is 4. The van der Waals surface area contributed by atoms with E-state index in [4.69, 9.17) is 0 Å². The van der Waals surface area contributed by atoms with Crippen molar-refractivity contribution in [2.45, 2.75) is 12.8 Å². The Morgan fingerprint density at radius 3 is 2.22 bits per heavy atom. The first-order valence-electron chi connectivity index (χ1n) is 7.88. The average molecular weight is 298 g/mol. The van der Waals surface area contributed by atoms with Crippen LogP contribution in [0.5, 0.6) is 5.75 Å². The van der Waals surface area contributed by atoms with Gasteiger partial charge in [-0.3, -0.25) is 0 Å². The average Bonchev–Trinajstić information content (AvgIpc) is 2.58. The fraction of sp³-hybridized carbons (Fsp3) is 0.0909. The lowest BCUT2D eigenvalue weighted by Gasteiger charge is -2.18. The summed E-state index contributed by atoms with van der Waals surface area (Å²) in [5.74, 6) is 0.381. The maximum absolute atomic E-state index is 10.9. The zero-order valence-corrected chi connectivity index (χ0v) is 13.0. The Hall–Kier alpha value is -2.80. The van der Waals surface area contributed by atoms with Crippen molar-refractivity contribution in [1.82, 2.24) is 0 Å². The predicted octanol–water partition coefficient (Wildman–Crippen LogP) is 5.75. The normalized spacial score (nSPS) is 11.5. The summed E-state index contributed by atoms with van der Waals surface area (Å²) in [4.78, 5) is 0. The predicted molar refractivity (Wildman–Crippen MR) is 99.6 cm³/mol. The van der Waals surface area contributed by atoms with Gasteiger partial charge >= 0.3 is 0 Å². The van der Waals surface area contributed by atoms with Gasteiger partial charge in [0.15, 0.2) is 0 Å². The van der Waals surface area contributed by atoms with Crippen molar-refractivity contribution in [2.75, 3.05) is 0 Å². The lowest BCUT2D eigenvalue weighted by molar-refractivity contribution is 0.477. The summed E-state index contributed by atoms with van der Waals surface area (Å²) >= 11 is 0. The second kappa shape index (κ2) is 5.13. The topological polar surface area (TPSA) is 20.2 Å². The van der Waals surface area contributed by atoms with Gasteiger partial charge in [0.2, 0.25) is 0 Å².